The van der Waals surface area contributed by atoms with Crippen LogP contribution in [0.25, 0.3) is 0 Å². The van der Waals surface area contributed by atoms with E-state index in [4.69, 9.17) is 23.7 Å². The van der Waals surface area contributed by atoms with Gasteiger partial charge in [0.25, 0.3) is 0 Å². The van der Waals surface area contributed by atoms with Crippen molar-refractivity contribution >= 4 is 0 Å². The van der Waals surface area contributed by atoms with Crippen LogP contribution < -0.4 is 9.47 Å². The molecule has 1 spiro atoms. The zero-order chi connectivity index (χ0) is 20.1. The summed E-state index contributed by atoms with van der Waals surface area (Å²) < 4.78 is 29.4. The zero-order valence-corrected chi connectivity index (χ0v) is 18.0. The minimum Gasteiger partial charge on any atom is -0.490 e. The third kappa shape index (κ3) is 2.92. The highest BCUT2D eigenvalue weighted by atomic mass is 16.7. The second-order valence-corrected chi connectivity index (χ2v) is 9.34. The average molecular weight is 403 g/mol. The first-order valence-electron chi connectivity index (χ1n) is 11.3. The monoisotopic (exact) mass is 402 g/mol. The van der Waals surface area contributed by atoms with Crippen molar-refractivity contribution in [2.24, 2.45) is 17.3 Å². The summed E-state index contributed by atoms with van der Waals surface area (Å²) >= 11 is 0. The SMILES string of the molecule is CCOc1cc2c(cc1OCOC)CC[C@@H]1[C@@H]2CC[C@@]2(C)[C@H]1CCC21OCCO1. The fourth-order valence-corrected chi connectivity index (χ4v) is 6.97. The third-order valence-electron chi connectivity index (χ3n) is 8.22. The molecule has 0 amide bonds. The highest BCUT2D eigenvalue weighted by molar-refractivity contribution is 5.50. The lowest BCUT2D eigenvalue weighted by atomic mass is 9.55. The predicted molar refractivity (Wildman–Crippen MR) is 109 cm³/mol. The highest BCUT2D eigenvalue weighted by Gasteiger charge is 2.65. The number of methoxy groups -OCH3 is 1. The minimum atomic E-state index is -0.322. The molecule has 1 aliphatic heterocycles. The van der Waals surface area contributed by atoms with Crippen LogP contribution in [0.15, 0.2) is 12.1 Å². The molecule has 1 aromatic rings. The van der Waals surface area contributed by atoms with Crippen molar-refractivity contribution in [2.45, 2.75) is 64.1 Å². The number of benzene rings is 1. The van der Waals surface area contributed by atoms with Crippen LogP contribution in [-0.2, 0) is 20.6 Å². The van der Waals surface area contributed by atoms with Gasteiger partial charge in [-0.15, -0.1) is 0 Å². The van der Waals surface area contributed by atoms with Crippen LogP contribution in [0, 0.1) is 17.3 Å². The summed E-state index contributed by atoms with van der Waals surface area (Å²) in [5, 5.41) is 0. The van der Waals surface area contributed by atoms with Gasteiger partial charge < -0.3 is 23.7 Å². The highest BCUT2D eigenvalue weighted by Crippen LogP contribution is 2.66. The molecule has 5 nitrogen and oxygen atoms in total. The molecular weight excluding hydrogens is 368 g/mol. The molecule has 3 fully saturated rings. The topological polar surface area (TPSA) is 46.2 Å². The van der Waals surface area contributed by atoms with E-state index in [-0.39, 0.29) is 18.0 Å². The molecule has 3 aliphatic carbocycles. The lowest BCUT2D eigenvalue weighted by Gasteiger charge is -2.52. The Kier molecular flexibility index (Phi) is 5.04. The molecule has 1 heterocycles. The van der Waals surface area contributed by atoms with Crippen molar-refractivity contribution in [3.8, 4) is 11.5 Å². The molecule has 0 unspecified atom stereocenters. The molecule has 4 aliphatic rings. The minimum absolute atomic E-state index is 0.145. The van der Waals surface area contributed by atoms with Crippen molar-refractivity contribution in [2.75, 3.05) is 33.7 Å². The van der Waals surface area contributed by atoms with Crippen molar-refractivity contribution in [1.29, 1.82) is 0 Å². The molecule has 5 rings (SSSR count). The van der Waals surface area contributed by atoms with Gasteiger partial charge in [0.1, 0.15) is 0 Å². The van der Waals surface area contributed by atoms with E-state index in [9.17, 15) is 0 Å². The fourth-order valence-electron chi connectivity index (χ4n) is 6.97. The molecule has 29 heavy (non-hydrogen) atoms. The zero-order valence-electron chi connectivity index (χ0n) is 18.0. The Hall–Kier alpha value is -1.30. The fraction of sp³-hybridized carbons (Fsp3) is 0.750. The predicted octanol–water partition coefficient (Wildman–Crippen LogP) is 4.67. The first-order chi connectivity index (χ1) is 14.1. The van der Waals surface area contributed by atoms with E-state index >= 15 is 0 Å². The molecular formula is C24H34O5. The van der Waals surface area contributed by atoms with E-state index in [1.165, 1.54) is 36.8 Å². The molecule has 0 bridgehead atoms. The maximum Gasteiger partial charge on any atom is 0.188 e. The molecule has 0 radical (unpaired) electrons. The van der Waals surface area contributed by atoms with Crippen LogP contribution in [0.1, 0.15) is 63.0 Å². The van der Waals surface area contributed by atoms with Gasteiger partial charge in [-0.3, -0.25) is 0 Å². The van der Waals surface area contributed by atoms with Gasteiger partial charge in [0, 0.05) is 18.9 Å². The van der Waals surface area contributed by atoms with Crippen LogP contribution in [0.5, 0.6) is 11.5 Å². The van der Waals surface area contributed by atoms with E-state index in [1.807, 2.05) is 6.92 Å². The molecule has 5 heteroatoms. The normalized spacial score (nSPS) is 34.5. The maximum atomic E-state index is 6.26. The molecule has 1 aromatic carbocycles. The Morgan fingerprint density at radius 2 is 1.83 bits per heavy atom. The number of rotatable bonds is 5. The number of ether oxygens (including phenoxy) is 5. The van der Waals surface area contributed by atoms with Crippen LogP contribution >= 0.6 is 0 Å². The van der Waals surface area contributed by atoms with Crippen LogP contribution in [0.3, 0.4) is 0 Å². The van der Waals surface area contributed by atoms with Gasteiger partial charge in [-0.25, -0.2) is 0 Å². The summed E-state index contributed by atoms with van der Waals surface area (Å²) in [5.41, 5.74) is 3.04. The summed E-state index contributed by atoms with van der Waals surface area (Å²) in [4.78, 5) is 0. The van der Waals surface area contributed by atoms with Crippen LogP contribution in [0.4, 0.5) is 0 Å². The van der Waals surface area contributed by atoms with Crippen molar-refractivity contribution in [3.63, 3.8) is 0 Å². The molecule has 160 valence electrons. The molecule has 1 saturated heterocycles. The van der Waals surface area contributed by atoms with Crippen molar-refractivity contribution < 1.29 is 23.7 Å². The van der Waals surface area contributed by atoms with Crippen molar-refractivity contribution in [1.82, 2.24) is 0 Å². The Balaban J connectivity index is 1.46. The van der Waals surface area contributed by atoms with Crippen LogP contribution in [0.2, 0.25) is 0 Å². The molecule has 4 atom stereocenters. The van der Waals surface area contributed by atoms with E-state index < -0.39 is 0 Å². The van der Waals surface area contributed by atoms with Gasteiger partial charge in [-0.05, 0) is 80.0 Å². The summed E-state index contributed by atoms with van der Waals surface area (Å²) in [7, 11) is 1.65. The maximum absolute atomic E-state index is 6.26. The summed E-state index contributed by atoms with van der Waals surface area (Å²) in [6.07, 6.45) is 6.99. The average Bonchev–Trinajstić information content (AvgIpc) is 3.32. The second-order valence-electron chi connectivity index (χ2n) is 9.34. The molecule has 0 N–H and O–H groups in total. The van der Waals surface area contributed by atoms with Gasteiger partial charge in [-0.1, -0.05) is 6.92 Å². The lowest BCUT2D eigenvalue weighted by molar-refractivity contribution is -0.237. The Morgan fingerprint density at radius 3 is 2.59 bits per heavy atom. The van der Waals surface area contributed by atoms with E-state index in [1.54, 1.807) is 7.11 Å². The van der Waals surface area contributed by atoms with E-state index in [0.29, 0.717) is 24.4 Å². The van der Waals surface area contributed by atoms with Gasteiger partial charge in [-0.2, -0.15) is 0 Å². The Morgan fingerprint density at radius 1 is 1.03 bits per heavy atom. The van der Waals surface area contributed by atoms with Crippen molar-refractivity contribution in [3.05, 3.63) is 23.3 Å². The first-order valence-corrected chi connectivity index (χ1v) is 11.3. The number of fused-ring (bicyclic) bond motifs is 6. The summed E-state index contributed by atoms with van der Waals surface area (Å²) in [5.74, 6) is 3.31. The third-order valence-corrected chi connectivity index (χ3v) is 8.22. The van der Waals surface area contributed by atoms with Gasteiger partial charge in [0.05, 0.1) is 19.8 Å². The second kappa shape index (κ2) is 7.44. The number of hydrogen-bond acceptors (Lipinski definition) is 5. The van der Waals surface area contributed by atoms with E-state index in [0.717, 1.165) is 37.6 Å². The quantitative estimate of drug-likeness (QED) is 0.670. The van der Waals surface area contributed by atoms with Gasteiger partial charge >= 0.3 is 0 Å². The molecule has 0 aromatic heterocycles. The van der Waals surface area contributed by atoms with Gasteiger partial charge in [0.2, 0.25) is 0 Å². The largest absolute Gasteiger partial charge is 0.490 e. The lowest BCUT2D eigenvalue weighted by Crippen LogP contribution is -2.51. The van der Waals surface area contributed by atoms with E-state index in [2.05, 4.69) is 19.1 Å². The Labute approximate surface area is 174 Å². The standard InChI is InChI=1S/C24H34O5/c1-4-26-22-14-19-16(13-21(22)27-15-25-3)5-6-18-17(19)7-9-23(2)20(18)8-10-24(23)28-11-12-29-24/h13-14,17-18,20H,4-12,15H2,1-3H3/t17-,18+,20-,23-/m0/s1. The first kappa shape index (κ1) is 19.7. The molecule has 2 saturated carbocycles. The Bertz CT molecular complexity index is 756. The van der Waals surface area contributed by atoms with Gasteiger partial charge in [0.15, 0.2) is 24.1 Å². The summed E-state index contributed by atoms with van der Waals surface area (Å²) in [6, 6.07) is 4.46. The summed E-state index contributed by atoms with van der Waals surface area (Å²) in [6.45, 7) is 6.84. The number of aryl methyl sites for hydroxylation is 1. The smallest absolute Gasteiger partial charge is 0.188 e. The number of hydrogen-bond donors (Lipinski definition) is 0. The van der Waals surface area contributed by atoms with Crippen LogP contribution in [-0.4, -0.2) is 39.5 Å².